The van der Waals surface area contributed by atoms with Crippen LogP contribution in [0.3, 0.4) is 0 Å². The standard InChI is InChI=1S/C23H31N3O2S/c1-17-6-9-23(18(2)14-17)29(27,28)24-16-22(26-11-4-5-12-26)19-7-8-21-20(15-19)10-13-25(21)3/h6-9,14-15,22,24H,4-5,10-13,16H2,1-3H3/t22-/m0/s1. The van der Waals surface area contributed by atoms with Gasteiger partial charge in [0.2, 0.25) is 10.0 Å². The summed E-state index contributed by atoms with van der Waals surface area (Å²) in [4.78, 5) is 5.08. The molecule has 2 aromatic rings. The second kappa shape index (κ2) is 8.09. The summed E-state index contributed by atoms with van der Waals surface area (Å²) in [6.07, 6.45) is 3.41. The van der Waals surface area contributed by atoms with E-state index in [0.717, 1.165) is 37.2 Å². The molecule has 29 heavy (non-hydrogen) atoms. The smallest absolute Gasteiger partial charge is 0.240 e. The first-order chi connectivity index (χ1) is 13.8. The number of likely N-dealkylation sites (tertiary alicyclic amines) is 1. The van der Waals surface area contributed by atoms with Gasteiger partial charge in [0.25, 0.3) is 0 Å². The topological polar surface area (TPSA) is 52.7 Å². The predicted octanol–water partition coefficient (Wildman–Crippen LogP) is 3.41. The van der Waals surface area contributed by atoms with E-state index in [0.29, 0.717) is 11.4 Å². The van der Waals surface area contributed by atoms with Gasteiger partial charge >= 0.3 is 0 Å². The molecule has 6 heteroatoms. The van der Waals surface area contributed by atoms with Crippen molar-refractivity contribution in [2.75, 3.05) is 38.1 Å². The van der Waals surface area contributed by atoms with Gasteiger partial charge < -0.3 is 4.90 Å². The molecule has 1 N–H and O–H groups in total. The van der Waals surface area contributed by atoms with Crippen LogP contribution in [-0.4, -0.2) is 46.5 Å². The summed E-state index contributed by atoms with van der Waals surface area (Å²) in [5.74, 6) is 0. The van der Waals surface area contributed by atoms with Gasteiger partial charge in [-0.1, -0.05) is 29.8 Å². The van der Waals surface area contributed by atoms with Crippen molar-refractivity contribution in [1.29, 1.82) is 0 Å². The summed E-state index contributed by atoms with van der Waals surface area (Å²) in [7, 11) is -1.42. The minimum Gasteiger partial charge on any atom is -0.374 e. The van der Waals surface area contributed by atoms with Crippen molar-refractivity contribution in [1.82, 2.24) is 9.62 Å². The fourth-order valence-electron chi connectivity index (χ4n) is 4.67. The Morgan fingerprint density at radius 1 is 1.03 bits per heavy atom. The number of hydrogen-bond donors (Lipinski definition) is 1. The van der Waals surface area contributed by atoms with Gasteiger partial charge in [-0.2, -0.15) is 0 Å². The average Bonchev–Trinajstić information content (AvgIpc) is 3.32. The van der Waals surface area contributed by atoms with E-state index in [-0.39, 0.29) is 6.04 Å². The molecule has 1 fully saturated rings. The molecular weight excluding hydrogens is 382 g/mol. The van der Waals surface area contributed by atoms with Crippen LogP contribution in [0.2, 0.25) is 0 Å². The van der Waals surface area contributed by atoms with Crippen molar-refractivity contribution in [2.24, 2.45) is 0 Å². The fourth-order valence-corrected chi connectivity index (χ4v) is 5.94. The molecular formula is C23H31N3O2S. The first-order valence-electron chi connectivity index (χ1n) is 10.5. The number of anilines is 1. The number of rotatable bonds is 6. The van der Waals surface area contributed by atoms with Crippen LogP contribution >= 0.6 is 0 Å². The van der Waals surface area contributed by atoms with Gasteiger partial charge in [0.1, 0.15) is 0 Å². The van der Waals surface area contributed by atoms with Crippen LogP contribution in [0, 0.1) is 13.8 Å². The zero-order chi connectivity index (χ0) is 20.6. The summed E-state index contributed by atoms with van der Waals surface area (Å²) < 4.78 is 28.9. The monoisotopic (exact) mass is 413 g/mol. The Balaban J connectivity index is 1.58. The SMILES string of the molecule is Cc1ccc(S(=O)(=O)NC[C@@H](c2ccc3c(c2)CCN3C)N2CCCC2)c(C)c1. The number of likely N-dealkylation sites (N-methyl/N-ethyl adjacent to an activating group) is 1. The average molecular weight is 414 g/mol. The van der Waals surface area contributed by atoms with E-state index in [9.17, 15) is 8.42 Å². The Labute approximate surface area is 174 Å². The lowest BCUT2D eigenvalue weighted by atomic mass is 10.0. The third-order valence-corrected chi connectivity index (χ3v) is 7.87. The van der Waals surface area contributed by atoms with Crippen LogP contribution in [-0.2, 0) is 16.4 Å². The number of nitrogens with one attached hydrogen (secondary N) is 1. The van der Waals surface area contributed by atoms with Crippen LogP contribution in [0.15, 0.2) is 41.3 Å². The van der Waals surface area contributed by atoms with Crippen LogP contribution in [0.5, 0.6) is 0 Å². The highest BCUT2D eigenvalue weighted by Gasteiger charge is 2.27. The Morgan fingerprint density at radius 2 is 1.79 bits per heavy atom. The van der Waals surface area contributed by atoms with Gasteiger partial charge in [-0.05, 0) is 75.0 Å². The molecule has 1 saturated heterocycles. The lowest BCUT2D eigenvalue weighted by Crippen LogP contribution is -2.37. The first kappa shape index (κ1) is 20.4. The predicted molar refractivity (Wildman–Crippen MR) is 118 cm³/mol. The summed E-state index contributed by atoms with van der Waals surface area (Å²) in [6, 6.07) is 12.2. The molecule has 156 valence electrons. The highest BCUT2D eigenvalue weighted by molar-refractivity contribution is 7.89. The van der Waals surface area contributed by atoms with Gasteiger partial charge in [-0.3, -0.25) is 4.90 Å². The molecule has 0 amide bonds. The number of sulfonamides is 1. The minimum absolute atomic E-state index is 0.0641. The van der Waals surface area contributed by atoms with Gasteiger partial charge in [0.15, 0.2) is 0 Å². The van der Waals surface area contributed by atoms with Crippen molar-refractivity contribution in [2.45, 2.75) is 44.0 Å². The van der Waals surface area contributed by atoms with E-state index in [4.69, 9.17) is 0 Å². The summed E-state index contributed by atoms with van der Waals surface area (Å²) in [5, 5.41) is 0. The number of hydrogen-bond acceptors (Lipinski definition) is 4. The fraction of sp³-hybridized carbons (Fsp3) is 0.478. The molecule has 0 unspecified atom stereocenters. The minimum atomic E-state index is -3.55. The normalized spacial score (nSPS) is 18.2. The molecule has 1 atom stereocenters. The van der Waals surface area contributed by atoms with E-state index >= 15 is 0 Å². The molecule has 0 spiro atoms. The molecule has 2 aliphatic heterocycles. The van der Waals surface area contributed by atoms with E-state index in [1.807, 2.05) is 26.0 Å². The van der Waals surface area contributed by atoms with Crippen molar-refractivity contribution >= 4 is 15.7 Å². The molecule has 0 radical (unpaired) electrons. The van der Waals surface area contributed by atoms with Crippen LogP contribution in [0.4, 0.5) is 5.69 Å². The summed E-state index contributed by atoms with van der Waals surface area (Å²) >= 11 is 0. The first-order valence-corrected chi connectivity index (χ1v) is 12.0. The highest BCUT2D eigenvalue weighted by Crippen LogP contribution is 2.32. The lowest BCUT2D eigenvalue weighted by Gasteiger charge is -2.29. The van der Waals surface area contributed by atoms with Gasteiger partial charge in [0.05, 0.1) is 4.90 Å². The Hall–Kier alpha value is -1.89. The third-order valence-electron chi connectivity index (χ3n) is 6.28. The van der Waals surface area contributed by atoms with Crippen LogP contribution in [0.1, 0.15) is 41.1 Å². The third kappa shape index (κ3) is 4.20. The van der Waals surface area contributed by atoms with Crippen LogP contribution in [0.25, 0.3) is 0 Å². The van der Waals surface area contributed by atoms with Crippen molar-refractivity contribution < 1.29 is 8.42 Å². The molecule has 2 aromatic carbocycles. The van der Waals surface area contributed by atoms with Crippen LogP contribution < -0.4 is 9.62 Å². The summed E-state index contributed by atoms with van der Waals surface area (Å²) in [5.41, 5.74) is 5.73. The molecule has 0 aliphatic carbocycles. The Morgan fingerprint density at radius 3 is 2.52 bits per heavy atom. The zero-order valence-electron chi connectivity index (χ0n) is 17.6. The maximum atomic E-state index is 13.0. The molecule has 4 rings (SSSR count). The zero-order valence-corrected chi connectivity index (χ0v) is 18.4. The van der Waals surface area contributed by atoms with E-state index in [1.165, 1.54) is 29.7 Å². The van der Waals surface area contributed by atoms with E-state index in [2.05, 4.69) is 39.8 Å². The maximum Gasteiger partial charge on any atom is 0.240 e. The second-order valence-electron chi connectivity index (χ2n) is 8.44. The number of benzene rings is 2. The largest absolute Gasteiger partial charge is 0.374 e. The second-order valence-corrected chi connectivity index (χ2v) is 10.2. The molecule has 0 aromatic heterocycles. The number of nitrogens with zero attached hydrogens (tertiary/aromatic N) is 2. The molecule has 0 saturated carbocycles. The number of fused-ring (bicyclic) bond motifs is 1. The van der Waals surface area contributed by atoms with Crippen molar-refractivity contribution in [3.05, 3.63) is 58.7 Å². The van der Waals surface area contributed by atoms with Crippen molar-refractivity contribution in [3.63, 3.8) is 0 Å². The van der Waals surface area contributed by atoms with Gasteiger partial charge in [-0.25, -0.2) is 13.1 Å². The molecule has 2 aliphatic rings. The Kier molecular flexibility index (Phi) is 5.69. The number of aryl methyl sites for hydroxylation is 2. The lowest BCUT2D eigenvalue weighted by molar-refractivity contribution is 0.246. The quantitative estimate of drug-likeness (QED) is 0.789. The molecule has 5 nitrogen and oxygen atoms in total. The molecule has 2 heterocycles. The summed E-state index contributed by atoms with van der Waals surface area (Å²) in [6.45, 7) is 7.32. The van der Waals surface area contributed by atoms with Crippen molar-refractivity contribution in [3.8, 4) is 0 Å². The van der Waals surface area contributed by atoms with E-state index < -0.39 is 10.0 Å². The van der Waals surface area contributed by atoms with Gasteiger partial charge in [0, 0.05) is 31.9 Å². The van der Waals surface area contributed by atoms with Gasteiger partial charge in [-0.15, -0.1) is 0 Å². The highest BCUT2D eigenvalue weighted by atomic mass is 32.2. The molecule has 0 bridgehead atoms. The Bertz CT molecular complexity index is 997. The maximum absolute atomic E-state index is 13.0. The van der Waals surface area contributed by atoms with E-state index in [1.54, 1.807) is 6.07 Å².